The minimum Gasteiger partial charge on any atom is -0.484 e. The minimum atomic E-state index is -0.335. The highest BCUT2D eigenvalue weighted by Gasteiger charge is 2.11. The molecule has 0 radical (unpaired) electrons. The highest BCUT2D eigenvalue weighted by molar-refractivity contribution is 5.77. The molecule has 0 bridgehead atoms. The van der Waals surface area contributed by atoms with Gasteiger partial charge in [0, 0.05) is 24.7 Å². The van der Waals surface area contributed by atoms with E-state index in [0.29, 0.717) is 11.3 Å². The van der Waals surface area contributed by atoms with Crippen LogP contribution >= 0.6 is 0 Å². The average molecular weight is 254 g/mol. The van der Waals surface area contributed by atoms with Gasteiger partial charge in [0.05, 0.1) is 0 Å². The van der Waals surface area contributed by atoms with Gasteiger partial charge in [-0.25, -0.2) is 4.39 Å². The topological polar surface area (TPSA) is 50.4 Å². The van der Waals surface area contributed by atoms with E-state index in [0.717, 1.165) is 6.54 Å². The van der Waals surface area contributed by atoms with E-state index < -0.39 is 0 Å². The summed E-state index contributed by atoms with van der Waals surface area (Å²) in [4.78, 5) is 11.0. The van der Waals surface area contributed by atoms with Gasteiger partial charge in [0.2, 0.25) is 0 Å². The van der Waals surface area contributed by atoms with Crippen LogP contribution in [0.15, 0.2) is 18.2 Å². The summed E-state index contributed by atoms with van der Waals surface area (Å²) in [6, 6.07) is 4.58. The van der Waals surface area contributed by atoms with Gasteiger partial charge >= 0.3 is 0 Å². The zero-order chi connectivity index (χ0) is 13.5. The first-order valence-corrected chi connectivity index (χ1v) is 5.94. The van der Waals surface area contributed by atoms with Crippen LogP contribution in [0.1, 0.15) is 25.5 Å². The summed E-state index contributed by atoms with van der Waals surface area (Å²) >= 11 is 0. The Morgan fingerprint density at radius 3 is 2.78 bits per heavy atom. The Bertz CT molecular complexity index is 410. The van der Waals surface area contributed by atoms with Gasteiger partial charge in [0.25, 0.3) is 5.91 Å². The van der Waals surface area contributed by atoms with Crippen LogP contribution in [-0.4, -0.2) is 26.1 Å². The standard InChI is InChI=1S/C13H19FN2O2/c1-4-16-9(2)11-6-5-10(7-12(11)14)18-8-13(17)15-3/h5-7,9,16H,4,8H2,1-3H3,(H,15,17). The van der Waals surface area contributed by atoms with Gasteiger partial charge in [-0.1, -0.05) is 13.0 Å². The SMILES string of the molecule is CCNC(C)c1ccc(OCC(=O)NC)cc1F. The molecule has 0 aliphatic heterocycles. The summed E-state index contributed by atoms with van der Waals surface area (Å²) in [5.41, 5.74) is 0.587. The van der Waals surface area contributed by atoms with Crippen molar-refractivity contribution in [2.45, 2.75) is 19.9 Å². The fourth-order valence-electron chi connectivity index (χ4n) is 1.59. The summed E-state index contributed by atoms with van der Waals surface area (Å²) in [5.74, 6) is -0.234. The number of benzene rings is 1. The van der Waals surface area contributed by atoms with E-state index in [4.69, 9.17) is 4.74 Å². The van der Waals surface area contributed by atoms with Crippen LogP contribution in [0.4, 0.5) is 4.39 Å². The second-order valence-corrected chi connectivity index (χ2v) is 3.92. The van der Waals surface area contributed by atoms with Crippen molar-refractivity contribution in [3.8, 4) is 5.75 Å². The van der Waals surface area contributed by atoms with Crippen LogP contribution in [0.2, 0.25) is 0 Å². The molecule has 0 fully saturated rings. The largest absolute Gasteiger partial charge is 0.484 e. The lowest BCUT2D eigenvalue weighted by Crippen LogP contribution is -2.25. The van der Waals surface area contributed by atoms with Crippen molar-refractivity contribution >= 4 is 5.91 Å². The average Bonchev–Trinajstić information content (AvgIpc) is 2.36. The van der Waals surface area contributed by atoms with Gasteiger partial charge in [-0.05, 0) is 19.5 Å². The van der Waals surface area contributed by atoms with Gasteiger partial charge in [-0.2, -0.15) is 0 Å². The predicted octanol–water partition coefficient (Wildman–Crippen LogP) is 1.62. The zero-order valence-electron chi connectivity index (χ0n) is 10.9. The third-order valence-corrected chi connectivity index (χ3v) is 2.60. The Balaban J connectivity index is 2.70. The van der Waals surface area contributed by atoms with Gasteiger partial charge in [0.15, 0.2) is 6.61 Å². The predicted molar refractivity (Wildman–Crippen MR) is 68.1 cm³/mol. The van der Waals surface area contributed by atoms with Gasteiger partial charge < -0.3 is 15.4 Å². The van der Waals surface area contributed by atoms with E-state index in [1.807, 2.05) is 13.8 Å². The Morgan fingerprint density at radius 1 is 1.50 bits per heavy atom. The van der Waals surface area contributed by atoms with E-state index in [9.17, 15) is 9.18 Å². The smallest absolute Gasteiger partial charge is 0.257 e. The maximum absolute atomic E-state index is 13.8. The Kier molecular flexibility index (Phi) is 5.58. The third-order valence-electron chi connectivity index (χ3n) is 2.60. The molecule has 18 heavy (non-hydrogen) atoms. The van der Waals surface area contributed by atoms with Crippen molar-refractivity contribution in [1.29, 1.82) is 0 Å². The molecule has 2 N–H and O–H groups in total. The summed E-state index contributed by atoms with van der Waals surface area (Å²) in [6.07, 6.45) is 0. The summed E-state index contributed by atoms with van der Waals surface area (Å²) < 4.78 is 19.0. The van der Waals surface area contributed by atoms with E-state index in [2.05, 4.69) is 10.6 Å². The molecule has 0 saturated heterocycles. The number of likely N-dealkylation sites (N-methyl/N-ethyl adjacent to an activating group) is 1. The Hall–Kier alpha value is -1.62. The maximum atomic E-state index is 13.8. The van der Waals surface area contributed by atoms with Crippen molar-refractivity contribution in [1.82, 2.24) is 10.6 Å². The van der Waals surface area contributed by atoms with Crippen LogP contribution in [0, 0.1) is 5.82 Å². The van der Waals surface area contributed by atoms with E-state index in [1.54, 1.807) is 12.1 Å². The molecule has 0 aromatic heterocycles. The molecule has 1 rings (SSSR count). The monoisotopic (exact) mass is 254 g/mol. The Labute approximate surface area is 107 Å². The molecule has 0 spiro atoms. The summed E-state index contributed by atoms with van der Waals surface area (Å²) in [6.45, 7) is 4.52. The number of nitrogens with one attached hydrogen (secondary N) is 2. The first-order chi connectivity index (χ1) is 8.58. The summed E-state index contributed by atoms with van der Waals surface area (Å²) in [7, 11) is 1.52. The first-order valence-electron chi connectivity index (χ1n) is 5.94. The number of halogens is 1. The fourth-order valence-corrected chi connectivity index (χ4v) is 1.59. The molecule has 100 valence electrons. The lowest BCUT2D eigenvalue weighted by molar-refractivity contribution is -0.122. The number of hydrogen-bond acceptors (Lipinski definition) is 3. The van der Waals surface area contributed by atoms with E-state index in [1.165, 1.54) is 13.1 Å². The first kappa shape index (κ1) is 14.4. The van der Waals surface area contributed by atoms with Gasteiger partial charge in [0.1, 0.15) is 11.6 Å². The molecule has 0 aliphatic carbocycles. The molecule has 4 nitrogen and oxygen atoms in total. The number of carbonyl (C=O) groups excluding carboxylic acids is 1. The van der Waals surface area contributed by atoms with E-state index >= 15 is 0 Å². The van der Waals surface area contributed by atoms with Crippen molar-refractivity contribution in [3.05, 3.63) is 29.6 Å². The zero-order valence-corrected chi connectivity index (χ0v) is 10.9. The lowest BCUT2D eigenvalue weighted by atomic mass is 10.1. The van der Waals surface area contributed by atoms with Gasteiger partial charge in [-0.3, -0.25) is 4.79 Å². The Morgan fingerprint density at radius 2 is 2.22 bits per heavy atom. The molecule has 5 heteroatoms. The number of carbonyl (C=O) groups is 1. The van der Waals surface area contributed by atoms with Gasteiger partial charge in [-0.15, -0.1) is 0 Å². The molecule has 1 aromatic rings. The number of hydrogen-bond donors (Lipinski definition) is 2. The quantitative estimate of drug-likeness (QED) is 0.811. The van der Waals surface area contributed by atoms with Crippen molar-refractivity contribution in [2.24, 2.45) is 0 Å². The molecule has 0 aliphatic rings. The molecule has 1 amide bonds. The highest BCUT2D eigenvalue weighted by Crippen LogP contribution is 2.21. The second-order valence-electron chi connectivity index (χ2n) is 3.92. The van der Waals surface area contributed by atoms with Crippen molar-refractivity contribution in [3.63, 3.8) is 0 Å². The highest BCUT2D eigenvalue weighted by atomic mass is 19.1. The molecular formula is C13H19FN2O2. The lowest BCUT2D eigenvalue weighted by Gasteiger charge is -2.14. The number of rotatable bonds is 6. The molecule has 1 unspecified atom stereocenters. The normalized spacial score (nSPS) is 12.0. The fraction of sp³-hybridized carbons (Fsp3) is 0.462. The molecule has 0 saturated carbocycles. The van der Waals surface area contributed by atoms with Crippen LogP contribution in [-0.2, 0) is 4.79 Å². The number of amides is 1. The van der Waals surface area contributed by atoms with Crippen LogP contribution in [0.25, 0.3) is 0 Å². The molecule has 1 aromatic carbocycles. The number of ether oxygens (including phenoxy) is 1. The molecule has 1 atom stereocenters. The van der Waals surface area contributed by atoms with Crippen LogP contribution < -0.4 is 15.4 Å². The summed E-state index contributed by atoms with van der Waals surface area (Å²) in [5, 5.41) is 5.56. The van der Waals surface area contributed by atoms with E-state index in [-0.39, 0.29) is 24.4 Å². The van der Waals surface area contributed by atoms with Crippen LogP contribution in [0.5, 0.6) is 5.75 Å². The maximum Gasteiger partial charge on any atom is 0.257 e. The van der Waals surface area contributed by atoms with Crippen LogP contribution in [0.3, 0.4) is 0 Å². The minimum absolute atomic E-state index is 0.0528. The van der Waals surface area contributed by atoms with Crippen molar-refractivity contribution in [2.75, 3.05) is 20.2 Å². The second kappa shape index (κ2) is 6.96. The van der Waals surface area contributed by atoms with Crippen molar-refractivity contribution < 1.29 is 13.9 Å². The molecular weight excluding hydrogens is 235 g/mol. The molecule has 0 heterocycles. The third kappa shape index (κ3) is 4.00.